The molecule has 40 heavy (non-hydrogen) atoms. The molecule has 0 fully saturated rings. The number of ether oxygens (including phenoxy) is 2. The molecule has 1 heterocycles. The van der Waals surface area contributed by atoms with Crippen molar-refractivity contribution in [1.82, 2.24) is 4.90 Å². The maximum Gasteiger partial charge on any atom is 0.162 e. The zero-order valence-electron chi connectivity index (χ0n) is 24.5. The van der Waals surface area contributed by atoms with Gasteiger partial charge in [-0.3, -0.25) is 9.59 Å². The molecule has 212 valence electrons. The van der Waals surface area contributed by atoms with Crippen LogP contribution in [0.5, 0.6) is 11.5 Å². The van der Waals surface area contributed by atoms with Crippen molar-refractivity contribution in [3.05, 3.63) is 80.6 Å². The number of rotatable bonds is 7. The molecule has 5 rings (SSSR count). The zero-order chi connectivity index (χ0) is 28.8. The highest BCUT2D eigenvalue weighted by Gasteiger charge is 2.48. The summed E-state index contributed by atoms with van der Waals surface area (Å²) in [6.45, 7) is 12.1. The Bertz CT molecular complexity index is 1360. The number of nitrogens with zero attached hydrogens (tertiary/aromatic N) is 1. The van der Waals surface area contributed by atoms with Gasteiger partial charge in [0.25, 0.3) is 0 Å². The number of methoxy groups -OCH3 is 1. The van der Waals surface area contributed by atoms with Crippen molar-refractivity contribution in [3.8, 4) is 11.5 Å². The van der Waals surface area contributed by atoms with Crippen molar-refractivity contribution in [3.63, 3.8) is 0 Å². The lowest BCUT2D eigenvalue weighted by atomic mass is 9.63. The minimum absolute atomic E-state index is 0.125. The smallest absolute Gasteiger partial charge is 0.162 e. The summed E-state index contributed by atoms with van der Waals surface area (Å²) >= 11 is 3.59. The normalized spacial score (nSPS) is 20.4. The van der Waals surface area contributed by atoms with Gasteiger partial charge in [-0.05, 0) is 53.9 Å². The summed E-state index contributed by atoms with van der Waals surface area (Å²) in [5.41, 5.74) is 5.48. The first-order valence-electron chi connectivity index (χ1n) is 14.3. The minimum Gasteiger partial charge on any atom is -0.493 e. The van der Waals surface area contributed by atoms with Gasteiger partial charge < -0.3 is 14.4 Å². The number of halogens is 1. The third-order valence-corrected chi connectivity index (χ3v) is 9.10. The Kier molecular flexibility index (Phi) is 7.77. The first-order chi connectivity index (χ1) is 18.9. The van der Waals surface area contributed by atoms with Gasteiger partial charge in [-0.25, -0.2) is 0 Å². The molecule has 0 atom stereocenters. The highest BCUT2D eigenvalue weighted by atomic mass is 79.9. The Morgan fingerprint density at radius 2 is 1.48 bits per heavy atom. The third kappa shape index (κ3) is 5.39. The first kappa shape index (κ1) is 28.7. The quantitative estimate of drug-likeness (QED) is 0.319. The zero-order valence-corrected chi connectivity index (χ0v) is 26.1. The average molecular weight is 607 g/mol. The van der Waals surface area contributed by atoms with Crippen LogP contribution in [-0.2, 0) is 16.2 Å². The van der Waals surface area contributed by atoms with E-state index in [1.54, 1.807) is 7.11 Å². The van der Waals surface area contributed by atoms with E-state index in [9.17, 15) is 9.59 Å². The van der Waals surface area contributed by atoms with Crippen LogP contribution >= 0.6 is 15.9 Å². The van der Waals surface area contributed by atoms with Crippen LogP contribution in [0.2, 0.25) is 0 Å². The van der Waals surface area contributed by atoms with Crippen molar-refractivity contribution in [2.24, 2.45) is 10.8 Å². The molecular formula is C34H40BrNO4. The molecule has 0 saturated carbocycles. The fourth-order valence-electron chi connectivity index (χ4n) is 6.63. The topological polar surface area (TPSA) is 55.8 Å². The van der Waals surface area contributed by atoms with Crippen molar-refractivity contribution >= 4 is 27.5 Å². The molecule has 2 aromatic rings. The van der Waals surface area contributed by atoms with Crippen LogP contribution < -0.4 is 9.47 Å². The van der Waals surface area contributed by atoms with E-state index in [1.165, 1.54) is 0 Å². The summed E-state index contributed by atoms with van der Waals surface area (Å²) in [5, 5.41) is 0. The van der Waals surface area contributed by atoms with Crippen molar-refractivity contribution in [2.45, 2.75) is 79.2 Å². The first-order valence-corrected chi connectivity index (χ1v) is 15.1. The second-order valence-corrected chi connectivity index (χ2v) is 13.8. The van der Waals surface area contributed by atoms with Crippen molar-refractivity contribution in [1.29, 1.82) is 0 Å². The number of hydrogen-bond donors (Lipinski definition) is 0. The summed E-state index contributed by atoms with van der Waals surface area (Å²) in [6.07, 6.45) is 3.54. The number of Topliss-reactive ketones (excluding diaryl/α,β-unsaturated/α-hetero) is 2. The minimum atomic E-state index is -0.392. The Labute approximate surface area is 246 Å². The van der Waals surface area contributed by atoms with E-state index >= 15 is 0 Å². The number of hydrogen-bond acceptors (Lipinski definition) is 5. The van der Waals surface area contributed by atoms with E-state index in [2.05, 4.69) is 55.4 Å². The van der Waals surface area contributed by atoms with E-state index < -0.39 is 5.92 Å². The molecule has 2 aromatic carbocycles. The molecule has 5 nitrogen and oxygen atoms in total. The lowest BCUT2D eigenvalue weighted by Gasteiger charge is -2.49. The Morgan fingerprint density at radius 1 is 0.875 bits per heavy atom. The second kappa shape index (κ2) is 10.8. The number of benzene rings is 2. The Morgan fingerprint density at radius 3 is 2.02 bits per heavy atom. The standard InChI is InChI=1S/C34H40BrNO4/c1-7-14-36-24-16-33(2,3)18-26(37)31(24)30(32-25(36)17-34(4,5)19-27(32)38)21-12-13-28(29(15-21)39-6)40-20-22-10-8-9-11-23(22)35/h8-13,15,30H,7,14,16-20H2,1-6H3. The molecule has 0 unspecified atom stereocenters. The summed E-state index contributed by atoms with van der Waals surface area (Å²) in [4.78, 5) is 30.2. The van der Waals surface area contributed by atoms with Gasteiger partial charge in [-0.1, -0.05) is 74.8 Å². The fourth-order valence-corrected chi connectivity index (χ4v) is 7.03. The number of carbonyl (C=O) groups excluding carboxylic acids is 2. The molecular weight excluding hydrogens is 566 g/mol. The van der Waals surface area contributed by atoms with Gasteiger partial charge in [0.1, 0.15) is 6.61 Å². The number of carbonyl (C=O) groups is 2. The predicted molar refractivity (Wildman–Crippen MR) is 161 cm³/mol. The van der Waals surface area contributed by atoms with Gasteiger partial charge in [-0.2, -0.15) is 0 Å². The largest absolute Gasteiger partial charge is 0.493 e. The predicted octanol–water partition coefficient (Wildman–Crippen LogP) is 8.13. The van der Waals surface area contributed by atoms with Gasteiger partial charge in [0.2, 0.25) is 0 Å². The molecule has 0 saturated heterocycles. The Balaban J connectivity index is 1.62. The van der Waals surface area contributed by atoms with E-state index in [0.29, 0.717) is 30.9 Å². The van der Waals surface area contributed by atoms with Gasteiger partial charge >= 0.3 is 0 Å². The molecule has 0 radical (unpaired) electrons. The molecule has 0 spiro atoms. The molecule has 3 aliphatic rings. The van der Waals surface area contributed by atoms with E-state index in [0.717, 1.165) is 63.9 Å². The van der Waals surface area contributed by atoms with Crippen molar-refractivity contribution < 1.29 is 19.1 Å². The van der Waals surface area contributed by atoms with Crippen LogP contribution in [0.1, 0.15) is 83.8 Å². The van der Waals surface area contributed by atoms with Crippen LogP contribution in [0.15, 0.2) is 69.5 Å². The van der Waals surface area contributed by atoms with Crippen LogP contribution in [0, 0.1) is 10.8 Å². The third-order valence-electron chi connectivity index (χ3n) is 8.33. The maximum absolute atomic E-state index is 13.9. The van der Waals surface area contributed by atoms with Crippen LogP contribution in [0.3, 0.4) is 0 Å². The van der Waals surface area contributed by atoms with E-state index in [1.807, 2.05) is 42.5 Å². The van der Waals surface area contributed by atoms with Gasteiger partial charge in [0, 0.05) is 57.9 Å². The number of allylic oxidation sites excluding steroid dienone is 4. The van der Waals surface area contributed by atoms with Gasteiger partial charge in [-0.15, -0.1) is 0 Å². The van der Waals surface area contributed by atoms with Gasteiger partial charge in [0.05, 0.1) is 7.11 Å². The van der Waals surface area contributed by atoms with Crippen LogP contribution in [-0.4, -0.2) is 30.1 Å². The molecule has 0 N–H and O–H groups in total. The highest BCUT2D eigenvalue weighted by Crippen LogP contribution is 2.55. The fraction of sp³-hybridized carbons (Fsp3) is 0.471. The summed E-state index contributed by atoms with van der Waals surface area (Å²) in [6, 6.07) is 13.9. The molecule has 0 aromatic heterocycles. The second-order valence-electron chi connectivity index (χ2n) is 13.0. The molecule has 6 heteroatoms. The average Bonchev–Trinajstić information content (AvgIpc) is 2.87. The van der Waals surface area contributed by atoms with Crippen LogP contribution in [0.4, 0.5) is 0 Å². The number of ketones is 2. The molecule has 0 bridgehead atoms. The molecule has 0 amide bonds. The lowest BCUT2D eigenvalue weighted by molar-refractivity contribution is -0.119. The van der Waals surface area contributed by atoms with Gasteiger partial charge in [0.15, 0.2) is 23.1 Å². The van der Waals surface area contributed by atoms with Crippen LogP contribution in [0.25, 0.3) is 0 Å². The monoisotopic (exact) mass is 605 g/mol. The molecule has 1 aliphatic heterocycles. The summed E-state index contributed by atoms with van der Waals surface area (Å²) < 4.78 is 13.0. The highest BCUT2D eigenvalue weighted by molar-refractivity contribution is 9.10. The van der Waals surface area contributed by atoms with E-state index in [4.69, 9.17) is 9.47 Å². The SMILES string of the molecule is CCCN1C2=C(C(=O)CC(C)(C)C2)C(c2ccc(OCc3ccccc3Br)c(OC)c2)C2=C1CC(C)(C)CC2=O. The van der Waals surface area contributed by atoms with Crippen molar-refractivity contribution in [2.75, 3.05) is 13.7 Å². The summed E-state index contributed by atoms with van der Waals surface area (Å²) in [5.74, 6) is 1.12. The lowest BCUT2D eigenvalue weighted by Crippen LogP contribution is -2.44. The molecule has 2 aliphatic carbocycles. The summed E-state index contributed by atoms with van der Waals surface area (Å²) in [7, 11) is 1.63. The maximum atomic E-state index is 13.9. The van der Waals surface area contributed by atoms with E-state index in [-0.39, 0.29) is 22.4 Å². The Hall–Kier alpha value is -2.86.